The second kappa shape index (κ2) is 9.27. The number of para-hydroxylation sites is 1. The van der Waals surface area contributed by atoms with Gasteiger partial charge in [-0.05, 0) is 37.0 Å². The lowest BCUT2D eigenvalue weighted by atomic mass is 9.90. The maximum absolute atomic E-state index is 12.7. The predicted octanol–water partition coefficient (Wildman–Crippen LogP) is 4.73. The van der Waals surface area contributed by atoms with Crippen LogP contribution in [0.3, 0.4) is 0 Å². The Morgan fingerprint density at radius 3 is 2.55 bits per heavy atom. The van der Waals surface area contributed by atoms with Crippen LogP contribution in [0.2, 0.25) is 0 Å². The Balaban J connectivity index is 1.48. The van der Waals surface area contributed by atoms with Gasteiger partial charge >= 0.3 is 0 Å². The summed E-state index contributed by atoms with van der Waals surface area (Å²) in [5.74, 6) is 0.292. The van der Waals surface area contributed by atoms with Gasteiger partial charge in [-0.1, -0.05) is 67.8 Å². The second-order valence-corrected chi connectivity index (χ2v) is 8.23. The highest BCUT2D eigenvalue weighted by Gasteiger charge is 2.22. The monoisotopic (exact) mass is 389 g/mol. The van der Waals surface area contributed by atoms with Crippen molar-refractivity contribution in [3.8, 4) is 0 Å². The van der Waals surface area contributed by atoms with Crippen LogP contribution in [-0.4, -0.2) is 29.5 Å². The van der Waals surface area contributed by atoms with E-state index in [1.54, 1.807) is 0 Å². The minimum Gasteiger partial charge on any atom is -0.361 e. The molecule has 0 aliphatic heterocycles. The van der Waals surface area contributed by atoms with Crippen molar-refractivity contribution in [2.24, 2.45) is 0 Å². The molecule has 1 aliphatic carbocycles. The quantitative estimate of drug-likeness (QED) is 0.547. The number of amides is 1. The van der Waals surface area contributed by atoms with Gasteiger partial charge in [0.25, 0.3) is 0 Å². The average molecular weight is 390 g/mol. The van der Waals surface area contributed by atoms with E-state index in [-0.39, 0.29) is 17.9 Å². The zero-order valence-corrected chi connectivity index (χ0v) is 17.2. The van der Waals surface area contributed by atoms with Crippen LogP contribution in [0.4, 0.5) is 0 Å². The van der Waals surface area contributed by atoms with E-state index in [1.165, 1.54) is 35.8 Å². The number of H-pyrrole nitrogens is 1. The molecule has 3 N–H and O–H groups in total. The molecule has 3 aromatic rings. The molecule has 0 spiro atoms. The lowest BCUT2D eigenvalue weighted by molar-refractivity contribution is -0.123. The van der Waals surface area contributed by atoms with Gasteiger partial charge in [0.2, 0.25) is 5.91 Å². The number of benzene rings is 2. The average Bonchev–Trinajstić information content (AvgIpc) is 3.19. The van der Waals surface area contributed by atoms with Crippen LogP contribution in [0.1, 0.15) is 56.1 Å². The highest BCUT2D eigenvalue weighted by molar-refractivity contribution is 5.84. The Kier molecular flexibility index (Phi) is 6.30. The first-order valence-corrected chi connectivity index (χ1v) is 10.9. The Morgan fingerprint density at radius 1 is 1.03 bits per heavy atom. The number of rotatable bonds is 7. The zero-order chi connectivity index (χ0) is 20.1. The molecule has 2 atom stereocenters. The number of carbonyl (C=O) groups is 1. The molecule has 0 radical (unpaired) electrons. The molecule has 4 heteroatoms. The first-order valence-electron chi connectivity index (χ1n) is 10.9. The van der Waals surface area contributed by atoms with Crippen molar-refractivity contribution in [1.82, 2.24) is 15.6 Å². The maximum atomic E-state index is 12.7. The molecule has 0 bridgehead atoms. The highest BCUT2D eigenvalue weighted by Crippen LogP contribution is 2.30. The SMILES string of the molecule is C[C@@H](NC[C@H](c1ccccc1)c1c[nH]c2ccccc12)C(=O)NC1CCCCC1. The van der Waals surface area contributed by atoms with Crippen LogP contribution in [-0.2, 0) is 4.79 Å². The summed E-state index contributed by atoms with van der Waals surface area (Å²) in [6.45, 7) is 2.68. The number of carbonyl (C=O) groups excluding carboxylic acids is 1. The van der Waals surface area contributed by atoms with Gasteiger partial charge in [0, 0.05) is 35.6 Å². The summed E-state index contributed by atoms with van der Waals surface area (Å²) in [5, 5.41) is 7.97. The molecule has 1 aliphatic rings. The molecule has 2 aromatic carbocycles. The van der Waals surface area contributed by atoms with E-state index in [4.69, 9.17) is 0 Å². The minimum atomic E-state index is -0.214. The van der Waals surface area contributed by atoms with Gasteiger partial charge in [-0.3, -0.25) is 4.79 Å². The number of aromatic nitrogens is 1. The maximum Gasteiger partial charge on any atom is 0.237 e. The van der Waals surface area contributed by atoms with Crippen LogP contribution in [0.25, 0.3) is 10.9 Å². The summed E-state index contributed by atoms with van der Waals surface area (Å²) in [7, 11) is 0. The molecule has 4 rings (SSSR count). The fraction of sp³-hybridized carbons (Fsp3) is 0.400. The van der Waals surface area contributed by atoms with E-state index in [0.717, 1.165) is 18.4 Å². The molecule has 1 amide bonds. The molecule has 152 valence electrons. The normalized spacial score (nSPS) is 17.1. The van der Waals surface area contributed by atoms with Crippen molar-refractivity contribution in [3.05, 3.63) is 71.9 Å². The number of fused-ring (bicyclic) bond motifs is 1. The van der Waals surface area contributed by atoms with Crippen molar-refractivity contribution >= 4 is 16.8 Å². The third-order valence-corrected chi connectivity index (χ3v) is 6.17. The van der Waals surface area contributed by atoms with Crippen molar-refractivity contribution in [2.75, 3.05) is 6.54 Å². The van der Waals surface area contributed by atoms with Crippen molar-refractivity contribution in [3.63, 3.8) is 0 Å². The molecular formula is C25H31N3O. The predicted molar refractivity (Wildman–Crippen MR) is 119 cm³/mol. The molecule has 1 fully saturated rings. The molecule has 4 nitrogen and oxygen atoms in total. The first-order chi connectivity index (χ1) is 14.2. The largest absolute Gasteiger partial charge is 0.361 e. The Labute approximate surface area is 173 Å². The van der Waals surface area contributed by atoms with Gasteiger partial charge in [0.05, 0.1) is 6.04 Å². The molecule has 0 unspecified atom stereocenters. The van der Waals surface area contributed by atoms with E-state index in [0.29, 0.717) is 12.6 Å². The Morgan fingerprint density at radius 2 is 1.76 bits per heavy atom. The highest BCUT2D eigenvalue weighted by atomic mass is 16.2. The summed E-state index contributed by atoms with van der Waals surface area (Å²) in [5.41, 5.74) is 3.66. The number of aromatic amines is 1. The summed E-state index contributed by atoms with van der Waals surface area (Å²) in [4.78, 5) is 16.1. The fourth-order valence-corrected chi connectivity index (χ4v) is 4.44. The number of nitrogens with one attached hydrogen (secondary N) is 3. The third-order valence-electron chi connectivity index (χ3n) is 6.17. The van der Waals surface area contributed by atoms with E-state index >= 15 is 0 Å². The van der Waals surface area contributed by atoms with Crippen LogP contribution < -0.4 is 10.6 Å². The number of hydrogen-bond donors (Lipinski definition) is 3. The van der Waals surface area contributed by atoms with Crippen LogP contribution >= 0.6 is 0 Å². The lowest BCUT2D eigenvalue weighted by Gasteiger charge is -2.26. The van der Waals surface area contributed by atoms with Gasteiger partial charge in [-0.25, -0.2) is 0 Å². The Bertz CT molecular complexity index is 927. The first kappa shape index (κ1) is 19.7. The zero-order valence-electron chi connectivity index (χ0n) is 17.2. The van der Waals surface area contributed by atoms with Crippen molar-refractivity contribution in [1.29, 1.82) is 0 Å². The van der Waals surface area contributed by atoms with Gasteiger partial charge in [-0.15, -0.1) is 0 Å². The molecule has 29 heavy (non-hydrogen) atoms. The molecule has 1 aromatic heterocycles. The number of hydrogen-bond acceptors (Lipinski definition) is 2. The van der Waals surface area contributed by atoms with Crippen molar-refractivity contribution < 1.29 is 4.79 Å². The fourth-order valence-electron chi connectivity index (χ4n) is 4.44. The minimum absolute atomic E-state index is 0.114. The van der Waals surface area contributed by atoms with Gasteiger partial charge in [0.1, 0.15) is 0 Å². The molecular weight excluding hydrogens is 358 g/mol. The van der Waals surface area contributed by atoms with Gasteiger partial charge in [0.15, 0.2) is 0 Å². The smallest absolute Gasteiger partial charge is 0.237 e. The van der Waals surface area contributed by atoms with E-state index in [2.05, 4.69) is 70.3 Å². The standard InChI is InChI=1S/C25H31N3O/c1-18(25(29)28-20-12-6-3-7-13-20)26-16-22(19-10-4-2-5-11-19)23-17-27-24-15-9-8-14-21(23)24/h2,4-5,8-11,14-15,17-18,20,22,26-27H,3,6-7,12-13,16H2,1H3,(H,28,29)/t18-,22-/m1/s1. The Hall–Kier alpha value is -2.59. The molecule has 1 saturated carbocycles. The lowest BCUT2D eigenvalue weighted by Crippen LogP contribution is -2.47. The van der Waals surface area contributed by atoms with E-state index < -0.39 is 0 Å². The summed E-state index contributed by atoms with van der Waals surface area (Å²) < 4.78 is 0. The second-order valence-electron chi connectivity index (χ2n) is 8.23. The van der Waals surface area contributed by atoms with Gasteiger partial charge < -0.3 is 15.6 Å². The summed E-state index contributed by atoms with van der Waals surface area (Å²) in [6, 6.07) is 19.1. The van der Waals surface area contributed by atoms with Gasteiger partial charge in [-0.2, -0.15) is 0 Å². The summed E-state index contributed by atoms with van der Waals surface area (Å²) >= 11 is 0. The van der Waals surface area contributed by atoms with E-state index in [1.807, 2.05) is 13.0 Å². The van der Waals surface area contributed by atoms with E-state index in [9.17, 15) is 4.79 Å². The topological polar surface area (TPSA) is 56.9 Å². The third kappa shape index (κ3) is 4.70. The van der Waals surface area contributed by atoms with Crippen LogP contribution in [0, 0.1) is 0 Å². The molecule has 1 heterocycles. The van der Waals surface area contributed by atoms with Crippen LogP contribution in [0.15, 0.2) is 60.8 Å². The van der Waals surface area contributed by atoms with Crippen molar-refractivity contribution in [2.45, 2.75) is 57.0 Å². The molecule has 0 saturated heterocycles. The van der Waals surface area contributed by atoms with Crippen LogP contribution in [0.5, 0.6) is 0 Å². The summed E-state index contributed by atoms with van der Waals surface area (Å²) in [6.07, 6.45) is 8.08.